The average molecular weight is 222 g/mol. The second-order valence-electron chi connectivity index (χ2n) is 3.72. The molecule has 1 aliphatic heterocycles. The zero-order valence-corrected chi connectivity index (χ0v) is 8.65. The summed E-state index contributed by atoms with van der Waals surface area (Å²) in [6.45, 7) is 0.822. The van der Waals surface area contributed by atoms with Crippen LogP contribution in [0.3, 0.4) is 0 Å². The second kappa shape index (κ2) is 4.38. The number of nitrogens with zero attached hydrogens (tertiary/aromatic N) is 2. The molecule has 4 nitrogen and oxygen atoms in total. The molecule has 1 aliphatic rings. The lowest BCUT2D eigenvalue weighted by atomic mass is 10.1. The van der Waals surface area contributed by atoms with Crippen molar-refractivity contribution in [3.8, 4) is 0 Å². The van der Waals surface area contributed by atoms with Crippen LogP contribution in [0.25, 0.3) is 0 Å². The van der Waals surface area contributed by atoms with E-state index in [0.29, 0.717) is 25.9 Å². The Kier molecular flexibility index (Phi) is 2.94. The van der Waals surface area contributed by atoms with E-state index >= 15 is 0 Å². The Morgan fingerprint density at radius 3 is 2.62 bits per heavy atom. The van der Waals surface area contributed by atoms with Crippen LogP contribution in [0.2, 0.25) is 0 Å². The third kappa shape index (κ3) is 2.24. The number of pyridine rings is 1. The van der Waals surface area contributed by atoms with Crippen LogP contribution in [0.1, 0.15) is 23.2 Å². The van der Waals surface area contributed by atoms with Crippen LogP contribution < -0.4 is 0 Å². The molecular weight excluding hydrogens is 211 g/mol. The molecule has 0 aliphatic carbocycles. The molecule has 1 fully saturated rings. The van der Waals surface area contributed by atoms with E-state index in [1.165, 1.54) is 6.20 Å². The summed E-state index contributed by atoms with van der Waals surface area (Å²) in [5, 5.41) is 0. The number of amides is 1. The van der Waals surface area contributed by atoms with Gasteiger partial charge in [-0.05, 0) is 6.07 Å². The molecule has 1 aromatic heterocycles. The van der Waals surface area contributed by atoms with Crippen molar-refractivity contribution in [2.24, 2.45) is 0 Å². The van der Waals surface area contributed by atoms with Crippen molar-refractivity contribution in [3.05, 3.63) is 29.8 Å². The maximum absolute atomic E-state index is 12.9. The minimum Gasteiger partial charge on any atom is -0.338 e. The quantitative estimate of drug-likeness (QED) is 0.713. The summed E-state index contributed by atoms with van der Waals surface area (Å²) < 4.78 is 12.9. The summed E-state index contributed by atoms with van der Waals surface area (Å²) in [5.41, 5.74) is 0.231. The normalized spacial score (nSPS) is 16.3. The van der Waals surface area contributed by atoms with Crippen molar-refractivity contribution in [2.75, 3.05) is 13.1 Å². The first-order valence-electron chi connectivity index (χ1n) is 5.08. The fourth-order valence-electron chi connectivity index (χ4n) is 1.67. The summed E-state index contributed by atoms with van der Waals surface area (Å²) >= 11 is 0. The highest BCUT2D eigenvalue weighted by atomic mass is 19.1. The van der Waals surface area contributed by atoms with Gasteiger partial charge in [0.15, 0.2) is 0 Å². The highest BCUT2D eigenvalue weighted by Gasteiger charge is 2.22. The predicted octanol–water partition coefficient (Wildman–Crippen LogP) is 1.03. The van der Waals surface area contributed by atoms with Crippen LogP contribution in [0.15, 0.2) is 18.5 Å². The third-order valence-electron chi connectivity index (χ3n) is 2.56. The second-order valence-corrected chi connectivity index (χ2v) is 3.72. The molecule has 0 atom stereocenters. The maximum Gasteiger partial charge on any atom is 0.255 e. The Labute approximate surface area is 92.1 Å². The summed E-state index contributed by atoms with van der Waals surface area (Å²) in [5.74, 6) is -0.625. The van der Waals surface area contributed by atoms with Gasteiger partial charge in [-0.25, -0.2) is 4.39 Å². The lowest BCUT2D eigenvalue weighted by molar-refractivity contribution is -0.120. The van der Waals surface area contributed by atoms with Gasteiger partial charge >= 0.3 is 0 Å². The summed E-state index contributed by atoms with van der Waals surface area (Å²) in [4.78, 5) is 28.1. The largest absolute Gasteiger partial charge is 0.338 e. The molecule has 1 aromatic rings. The third-order valence-corrected chi connectivity index (χ3v) is 2.56. The van der Waals surface area contributed by atoms with Gasteiger partial charge < -0.3 is 4.90 Å². The number of aromatic nitrogens is 1. The number of hydrogen-bond acceptors (Lipinski definition) is 3. The molecule has 0 saturated carbocycles. The van der Waals surface area contributed by atoms with E-state index in [4.69, 9.17) is 0 Å². The Morgan fingerprint density at radius 1 is 1.31 bits per heavy atom. The standard InChI is InChI=1S/C11H11FN2O2/c12-9-5-8(6-13-7-9)11(16)14-3-1-10(15)2-4-14/h5-7H,1-4H2. The molecule has 0 spiro atoms. The van der Waals surface area contributed by atoms with Crippen LogP contribution in [0, 0.1) is 5.82 Å². The first-order chi connectivity index (χ1) is 7.66. The molecular formula is C11H11FN2O2. The van der Waals surface area contributed by atoms with Gasteiger partial charge in [-0.1, -0.05) is 0 Å². The zero-order chi connectivity index (χ0) is 11.5. The molecule has 1 saturated heterocycles. The van der Waals surface area contributed by atoms with Gasteiger partial charge in [0.05, 0.1) is 11.8 Å². The van der Waals surface area contributed by atoms with Crippen LogP contribution >= 0.6 is 0 Å². The molecule has 5 heteroatoms. The zero-order valence-electron chi connectivity index (χ0n) is 8.65. The van der Waals surface area contributed by atoms with Gasteiger partial charge in [-0.2, -0.15) is 0 Å². The first-order valence-corrected chi connectivity index (χ1v) is 5.08. The Bertz CT molecular complexity index is 424. The summed E-state index contributed by atoms with van der Waals surface area (Å²) in [6.07, 6.45) is 3.15. The van der Waals surface area contributed by atoms with Crippen LogP contribution in [0.4, 0.5) is 4.39 Å². The van der Waals surface area contributed by atoms with E-state index < -0.39 is 5.82 Å². The summed E-state index contributed by atoms with van der Waals surface area (Å²) in [7, 11) is 0. The highest BCUT2D eigenvalue weighted by Crippen LogP contribution is 2.11. The van der Waals surface area contributed by atoms with Gasteiger partial charge in [-0.15, -0.1) is 0 Å². The molecule has 0 radical (unpaired) electrons. The van der Waals surface area contributed by atoms with Gasteiger partial charge in [0.1, 0.15) is 11.6 Å². The van der Waals surface area contributed by atoms with E-state index in [-0.39, 0.29) is 17.3 Å². The topological polar surface area (TPSA) is 50.3 Å². The first kappa shape index (κ1) is 10.7. The van der Waals surface area contributed by atoms with Crippen molar-refractivity contribution in [1.29, 1.82) is 0 Å². The van der Waals surface area contributed by atoms with Gasteiger partial charge in [0, 0.05) is 32.1 Å². The average Bonchev–Trinajstić information content (AvgIpc) is 2.29. The van der Waals surface area contributed by atoms with E-state index in [9.17, 15) is 14.0 Å². The fourth-order valence-corrected chi connectivity index (χ4v) is 1.67. The molecule has 16 heavy (non-hydrogen) atoms. The predicted molar refractivity (Wildman–Crippen MR) is 54.3 cm³/mol. The number of piperidine rings is 1. The lowest BCUT2D eigenvalue weighted by Gasteiger charge is -2.25. The maximum atomic E-state index is 12.9. The monoisotopic (exact) mass is 222 g/mol. The number of likely N-dealkylation sites (tertiary alicyclic amines) is 1. The van der Waals surface area contributed by atoms with Crippen molar-refractivity contribution in [2.45, 2.75) is 12.8 Å². The van der Waals surface area contributed by atoms with Crippen LogP contribution in [0.5, 0.6) is 0 Å². The van der Waals surface area contributed by atoms with Crippen LogP contribution in [-0.2, 0) is 4.79 Å². The number of carbonyl (C=O) groups excluding carboxylic acids is 2. The van der Waals surface area contributed by atoms with Crippen molar-refractivity contribution < 1.29 is 14.0 Å². The molecule has 2 heterocycles. The Hall–Kier alpha value is -1.78. The highest BCUT2D eigenvalue weighted by molar-refractivity contribution is 5.95. The van der Waals surface area contributed by atoms with E-state index in [1.807, 2.05) is 0 Å². The molecule has 1 amide bonds. The molecule has 84 valence electrons. The fraction of sp³-hybridized carbons (Fsp3) is 0.364. The van der Waals surface area contributed by atoms with Gasteiger partial charge in [0.2, 0.25) is 0 Å². The van der Waals surface area contributed by atoms with Gasteiger partial charge in [-0.3, -0.25) is 14.6 Å². The van der Waals surface area contributed by atoms with Crippen LogP contribution in [-0.4, -0.2) is 34.7 Å². The van der Waals surface area contributed by atoms with E-state index in [1.54, 1.807) is 4.90 Å². The number of halogens is 1. The molecule has 2 rings (SSSR count). The summed E-state index contributed by atoms with van der Waals surface area (Å²) in [6, 6.07) is 1.16. The minimum absolute atomic E-state index is 0.168. The number of hydrogen-bond donors (Lipinski definition) is 0. The minimum atomic E-state index is -0.529. The van der Waals surface area contributed by atoms with Crippen molar-refractivity contribution in [3.63, 3.8) is 0 Å². The van der Waals surface area contributed by atoms with E-state index in [2.05, 4.69) is 4.98 Å². The van der Waals surface area contributed by atoms with Crippen molar-refractivity contribution >= 4 is 11.7 Å². The number of rotatable bonds is 1. The lowest BCUT2D eigenvalue weighted by Crippen LogP contribution is -2.38. The molecule has 0 unspecified atom stereocenters. The molecule has 0 N–H and O–H groups in total. The van der Waals surface area contributed by atoms with E-state index in [0.717, 1.165) is 12.3 Å². The smallest absolute Gasteiger partial charge is 0.255 e. The Morgan fingerprint density at radius 2 is 2.00 bits per heavy atom. The SMILES string of the molecule is O=C1CCN(C(=O)c2cncc(F)c2)CC1. The molecule has 0 aromatic carbocycles. The van der Waals surface area contributed by atoms with Gasteiger partial charge in [0.25, 0.3) is 5.91 Å². The van der Waals surface area contributed by atoms with Crippen molar-refractivity contribution in [1.82, 2.24) is 9.88 Å². The number of Topliss-reactive ketones (excluding diaryl/α,β-unsaturated/α-hetero) is 1. The molecule has 0 bridgehead atoms. The Balaban J connectivity index is 2.10. The number of ketones is 1. The number of carbonyl (C=O) groups is 2.